The second-order valence-corrected chi connectivity index (χ2v) is 7.94. The number of hydrogen-bond acceptors (Lipinski definition) is 5. The number of amides is 1. The number of hydrogen-bond donors (Lipinski definition) is 1. The van der Waals surface area contributed by atoms with Crippen LogP contribution < -0.4 is 10.1 Å². The van der Waals surface area contributed by atoms with Gasteiger partial charge in [-0.05, 0) is 55.4 Å². The maximum absolute atomic E-state index is 12.7. The summed E-state index contributed by atoms with van der Waals surface area (Å²) in [5, 5.41) is 4.29. The molecule has 9 heteroatoms. The Bertz CT molecular complexity index is 969. The number of furan rings is 1. The van der Waals surface area contributed by atoms with Crippen molar-refractivity contribution in [2.75, 3.05) is 13.2 Å². The third-order valence-electron chi connectivity index (χ3n) is 4.61. The molecule has 6 nitrogen and oxygen atoms in total. The second kappa shape index (κ2) is 8.75. The van der Waals surface area contributed by atoms with Gasteiger partial charge in [0.05, 0.1) is 17.7 Å². The van der Waals surface area contributed by atoms with Crippen LogP contribution in [0.3, 0.4) is 0 Å². The maximum atomic E-state index is 12.7. The van der Waals surface area contributed by atoms with Gasteiger partial charge < -0.3 is 19.2 Å². The summed E-state index contributed by atoms with van der Waals surface area (Å²) in [6.45, 7) is 1.38. The summed E-state index contributed by atoms with van der Waals surface area (Å²) in [7, 11) is 0. The van der Waals surface area contributed by atoms with E-state index in [1.807, 2.05) is 0 Å². The molecule has 152 valence electrons. The van der Waals surface area contributed by atoms with Crippen molar-refractivity contribution in [2.45, 2.75) is 25.6 Å². The molecule has 1 N–H and O–H groups in total. The van der Waals surface area contributed by atoms with Crippen LogP contribution in [-0.2, 0) is 16.1 Å². The molecule has 0 spiro atoms. The van der Waals surface area contributed by atoms with Crippen molar-refractivity contribution in [1.82, 2.24) is 10.2 Å². The van der Waals surface area contributed by atoms with Gasteiger partial charge >= 0.3 is 0 Å². The SMILES string of the molecule is O=C1/C(=C\c2ccc(COc3ccc(Cl)cc3Cl)o2)NC(=S)N1CC1CCCO1. The zero-order valence-corrected chi connectivity index (χ0v) is 17.6. The monoisotopic (exact) mass is 452 g/mol. The number of nitrogens with zero attached hydrogens (tertiary/aromatic N) is 1. The van der Waals surface area contributed by atoms with Crippen LogP contribution in [0, 0.1) is 0 Å². The highest BCUT2D eigenvalue weighted by molar-refractivity contribution is 7.80. The smallest absolute Gasteiger partial charge is 0.276 e. The second-order valence-electron chi connectivity index (χ2n) is 6.71. The lowest BCUT2D eigenvalue weighted by Crippen LogP contribution is -2.37. The number of halogens is 2. The van der Waals surface area contributed by atoms with Gasteiger partial charge in [-0.25, -0.2) is 0 Å². The molecule has 1 aromatic heterocycles. The van der Waals surface area contributed by atoms with E-state index in [9.17, 15) is 4.79 Å². The van der Waals surface area contributed by atoms with E-state index in [-0.39, 0.29) is 18.6 Å². The van der Waals surface area contributed by atoms with E-state index in [2.05, 4.69) is 5.32 Å². The number of ether oxygens (including phenoxy) is 2. The first-order chi connectivity index (χ1) is 14.0. The van der Waals surface area contributed by atoms with Crippen LogP contribution in [0.5, 0.6) is 5.75 Å². The fourth-order valence-electron chi connectivity index (χ4n) is 3.16. The number of nitrogens with one attached hydrogen (secondary N) is 1. The molecule has 0 radical (unpaired) electrons. The van der Waals surface area contributed by atoms with E-state index in [0.29, 0.717) is 44.7 Å². The van der Waals surface area contributed by atoms with Gasteiger partial charge in [-0.3, -0.25) is 9.69 Å². The van der Waals surface area contributed by atoms with Crippen molar-refractivity contribution in [3.63, 3.8) is 0 Å². The van der Waals surface area contributed by atoms with Crippen molar-refractivity contribution in [3.05, 3.63) is 57.6 Å². The number of rotatable bonds is 6. The first kappa shape index (κ1) is 20.2. The highest BCUT2D eigenvalue weighted by Crippen LogP contribution is 2.28. The van der Waals surface area contributed by atoms with E-state index >= 15 is 0 Å². The Morgan fingerprint density at radius 1 is 1.31 bits per heavy atom. The Morgan fingerprint density at radius 3 is 2.93 bits per heavy atom. The largest absolute Gasteiger partial charge is 0.484 e. The summed E-state index contributed by atoms with van der Waals surface area (Å²) in [5.41, 5.74) is 0.371. The molecule has 2 aliphatic rings. The normalized spacial score (nSPS) is 20.6. The minimum absolute atomic E-state index is 0.0325. The molecule has 2 aromatic rings. The van der Waals surface area contributed by atoms with E-state index in [0.717, 1.165) is 19.4 Å². The minimum Gasteiger partial charge on any atom is -0.484 e. The van der Waals surface area contributed by atoms with Crippen LogP contribution in [-0.4, -0.2) is 35.2 Å². The van der Waals surface area contributed by atoms with E-state index in [1.54, 1.807) is 36.4 Å². The van der Waals surface area contributed by atoms with Crippen molar-refractivity contribution in [1.29, 1.82) is 0 Å². The zero-order chi connectivity index (χ0) is 20.4. The van der Waals surface area contributed by atoms with Gasteiger partial charge in [0, 0.05) is 17.7 Å². The summed E-state index contributed by atoms with van der Waals surface area (Å²) in [4.78, 5) is 14.2. The first-order valence-corrected chi connectivity index (χ1v) is 10.3. The third kappa shape index (κ3) is 4.75. The summed E-state index contributed by atoms with van der Waals surface area (Å²) in [5.74, 6) is 1.43. The fourth-order valence-corrected chi connectivity index (χ4v) is 3.89. The van der Waals surface area contributed by atoms with Gasteiger partial charge in [-0.2, -0.15) is 0 Å². The van der Waals surface area contributed by atoms with Crippen LogP contribution >= 0.6 is 35.4 Å². The van der Waals surface area contributed by atoms with Gasteiger partial charge in [0.1, 0.15) is 29.6 Å². The van der Waals surface area contributed by atoms with Crippen LogP contribution in [0.1, 0.15) is 24.4 Å². The van der Waals surface area contributed by atoms with Crippen LogP contribution in [0.25, 0.3) is 6.08 Å². The standard InChI is InChI=1S/C20H18Cl2N2O4S/c21-12-3-6-18(16(22)8-12)27-11-15-5-4-13(28-15)9-17-19(25)24(20(29)23-17)10-14-2-1-7-26-14/h3-6,8-9,14H,1-2,7,10-11H2,(H,23,29)/b17-9+. The predicted molar refractivity (Wildman–Crippen MR) is 114 cm³/mol. The average molecular weight is 453 g/mol. The topological polar surface area (TPSA) is 63.9 Å². The minimum atomic E-state index is -0.187. The predicted octanol–water partition coefficient (Wildman–Crippen LogP) is 4.40. The van der Waals surface area contributed by atoms with Crippen LogP contribution in [0.15, 0.2) is 40.4 Å². The Labute approximate surface area is 183 Å². The van der Waals surface area contributed by atoms with Gasteiger partial charge in [-0.1, -0.05) is 23.2 Å². The summed E-state index contributed by atoms with van der Waals surface area (Å²) in [6, 6.07) is 8.54. The van der Waals surface area contributed by atoms with Gasteiger partial charge in [0.15, 0.2) is 5.11 Å². The summed E-state index contributed by atoms with van der Waals surface area (Å²) in [6.07, 6.45) is 3.60. The van der Waals surface area contributed by atoms with Gasteiger partial charge in [-0.15, -0.1) is 0 Å². The number of carbonyl (C=O) groups excluding carboxylic acids is 1. The van der Waals surface area contributed by atoms with Crippen molar-refractivity contribution < 1.29 is 18.7 Å². The van der Waals surface area contributed by atoms with Crippen molar-refractivity contribution >= 4 is 52.5 Å². The summed E-state index contributed by atoms with van der Waals surface area (Å²) < 4.78 is 17.0. The Balaban J connectivity index is 1.39. The average Bonchev–Trinajstić information content (AvgIpc) is 3.40. The highest BCUT2D eigenvalue weighted by Gasteiger charge is 2.33. The van der Waals surface area contributed by atoms with Crippen LogP contribution in [0.4, 0.5) is 0 Å². The summed E-state index contributed by atoms with van der Waals surface area (Å²) >= 11 is 17.3. The molecule has 1 atom stereocenters. The molecule has 0 aliphatic carbocycles. The fraction of sp³-hybridized carbons (Fsp3) is 0.300. The Hall–Kier alpha value is -2.06. The number of carbonyl (C=O) groups is 1. The molecule has 3 heterocycles. The van der Waals surface area contributed by atoms with E-state index < -0.39 is 0 Å². The first-order valence-electron chi connectivity index (χ1n) is 9.12. The number of benzene rings is 1. The lowest BCUT2D eigenvalue weighted by molar-refractivity contribution is -0.123. The lowest BCUT2D eigenvalue weighted by atomic mass is 10.2. The molecular weight excluding hydrogens is 435 g/mol. The van der Waals surface area contributed by atoms with Gasteiger partial charge in [0.2, 0.25) is 0 Å². The highest BCUT2D eigenvalue weighted by atomic mass is 35.5. The molecule has 1 unspecified atom stereocenters. The quantitative estimate of drug-likeness (QED) is 0.517. The van der Waals surface area contributed by atoms with E-state index in [4.69, 9.17) is 49.3 Å². The maximum Gasteiger partial charge on any atom is 0.276 e. The Morgan fingerprint density at radius 2 is 2.17 bits per heavy atom. The van der Waals surface area contributed by atoms with Crippen LogP contribution in [0.2, 0.25) is 10.0 Å². The molecule has 29 heavy (non-hydrogen) atoms. The lowest BCUT2D eigenvalue weighted by Gasteiger charge is -2.18. The zero-order valence-electron chi connectivity index (χ0n) is 15.3. The molecule has 2 aliphatic heterocycles. The Kier molecular flexibility index (Phi) is 6.10. The van der Waals surface area contributed by atoms with Crippen molar-refractivity contribution in [3.8, 4) is 5.75 Å². The number of thiocarbonyl (C=S) groups is 1. The molecule has 1 aromatic carbocycles. The molecule has 0 bridgehead atoms. The molecule has 1 amide bonds. The molecule has 0 saturated carbocycles. The molecule has 2 fully saturated rings. The molecule has 4 rings (SSSR count). The third-order valence-corrected chi connectivity index (χ3v) is 5.46. The molecular formula is C20H18Cl2N2O4S. The van der Waals surface area contributed by atoms with Gasteiger partial charge in [0.25, 0.3) is 5.91 Å². The molecule has 2 saturated heterocycles. The van der Waals surface area contributed by atoms with Crippen molar-refractivity contribution in [2.24, 2.45) is 0 Å². The van der Waals surface area contributed by atoms with E-state index in [1.165, 1.54) is 4.90 Å².